The van der Waals surface area contributed by atoms with Crippen molar-refractivity contribution in [1.29, 1.82) is 0 Å². The standard InChI is InChI=1S/C18H14Cl3N5S/c1-11-14(17(21)26(25-11)13-5-3-2-4-6-13)10-22-24-18(27)23-16-8-7-12(19)9-15(16)20/h2-10H,1H3,(H2,23,24,27)/b22-10-. The number of rotatable bonds is 4. The van der Waals surface area contributed by atoms with E-state index in [1.165, 1.54) is 0 Å². The molecule has 0 saturated heterocycles. The number of hydrazone groups is 1. The largest absolute Gasteiger partial charge is 0.330 e. The molecule has 3 rings (SSSR count). The molecule has 5 nitrogen and oxygen atoms in total. The zero-order valence-corrected chi connectivity index (χ0v) is 17.2. The Morgan fingerprint density at radius 1 is 1.15 bits per heavy atom. The van der Waals surface area contributed by atoms with Gasteiger partial charge in [0.2, 0.25) is 0 Å². The molecule has 27 heavy (non-hydrogen) atoms. The molecule has 0 spiro atoms. The topological polar surface area (TPSA) is 54.2 Å². The van der Waals surface area contributed by atoms with E-state index in [9.17, 15) is 0 Å². The summed E-state index contributed by atoms with van der Waals surface area (Å²) >= 11 is 23.6. The van der Waals surface area contributed by atoms with Crippen LogP contribution in [0.4, 0.5) is 5.69 Å². The Morgan fingerprint density at radius 3 is 2.59 bits per heavy atom. The smallest absolute Gasteiger partial charge is 0.191 e. The van der Waals surface area contributed by atoms with Gasteiger partial charge in [0.05, 0.1) is 33.9 Å². The summed E-state index contributed by atoms with van der Waals surface area (Å²) in [5.74, 6) is 0. The number of para-hydroxylation sites is 1. The van der Waals surface area contributed by atoms with Crippen LogP contribution in [0, 0.1) is 6.92 Å². The van der Waals surface area contributed by atoms with Gasteiger partial charge in [-0.25, -0.2) is 4.68 Å². The molecule has 3 aromatic rings. The Bertz CT molecular complexity index is 1000. The van der Waals surface area contributed by atoms with Gasteiger partial charge >= 0.3 is 0 Å². The van der Waals surface area contributed by atoms with Gasteiger partial charge < -0.3 is 5.32 Å². The number of thiocarbonyl (C=S) groups is 1. The quantitative estimate of drug-likeness (QED) is 0.322. The molecule has 0 unspecified atom stereocenters. The number of hydrogen-bond donors (Lipinski definition) is 2. The average molecular weight is 439 g/mol. The van der Waals surface area contributed by atoms with Gasteiger partial charge in [0.25, 0.3) is 0 Å². The minimum Gasteiger partial charge on any atom is -0.330 e. The Kier molecular flexibility index (Phi) is 6.34. The van der Waals surface area contributed by atoms with Crippen molar-refractivity contribution in [2.24, 2.45) is 5.10 Å². The third kappa shape index (κ3) is 4.78. The molecule has 0 fully saturated rings. The summed E-state index contributed by atoms with van der Waals surface area (Å²) in [5, 5.41) is 13.3. The summed E-state index contributed by atoms with van der Waals surface area (Å²) in [6, 6.07) is 14.7. The average Bonchev–Trinajstić information content (AvgIpc) is 2.93. The van der Waals surface area contributed by atoms with Crippen molar-refractivity contribution in [3.05, 3.63) is 75.0 Å². The summed E-state index contributed by atoms with van der Waals surface area (Å²) in [5.41, 5.74) is 5.66. The molecule has 0 aliphatic carbocycles. The minimum atomic E-state index is 0.277. The first-order valence-electron chi connectivity index (χ1n) is 7.81. The summed E-state index contributed by atoms with van der Waals surface area (Å²) < 4.78 is 1.66. The summed E-state index contributed by atoms with van der Waals surface area (Å²) in [4.78, 5) is 0. The predicted molar refractivity (Wildman–Crippen MR) is 117 cm³/mol. The SMILES string of the molecule is Cc1nn(-c2ccccc2)c(Cl)c1/C=N\NC(=S)Nc1ccc(Cl)cc1Cl. The van der Waals surface area contributed by atoms with Gasteiger partial charge in [-0.3, -0.25) is 5.43 Å². The van der Waals surface area contributed by atoms with Crippen molar-refractivity contribution in [3.8, 4) is 5.69 Å². The van der Waals surface area contributed by atoms with Crippen molar-refractivity contribution in [3.63, 3.8) is 0 Å². The van der Waals surface area contributed by atoms with Crippen LogP contribution in [0.15, 0.2) is 53.6 Å². The van der Waals surface area contributed by atoms with Crippen LogP contribution in [0.5, 0.6) is 0 Å². The van der Waals surface area contributed by atoms with Crippen LogP contribution in [-0.4, -0.2) is 21.1 Å². The van der Waals surface area contributed by atoms with Gasteiger partial charge in [0.1, 0.15) is 5.15 Å². The lowest BCUT2D eigenvalue weighted by Gasteiger charge is -2.08. The molecule has 0 aliphatic heterocycles. The van der Waals surface area contributed by atoms with Crippen molar-refractivity contribution < 1.29 is 0 Å². The van der Waals surface area contributed by atoms with Crippen LogP contribution in [-0.2, 0) is 0 Å². The maximum absolute atomic E-state index is 6.45. The van der Waals surface area contributed by atoms with Gasteiger partial charge in [0, 0.05) is 5.02 Å². The van der Waals surface area contributed by atoms with Crippen LogP contribution >= 0.6 is 47.0 Å². The van der Waals surface area contributed by atoms with E-state index in [1.807, 2.05) is 37.3 Å². The number of hydrogen-bond acceptors (Lipinski definition) is 3. The normalized spacial score (nSPS) is 11.0. The van der Waals surface area contributed by atoms with Crippen molar-refractivity contribution in [2.75, 3.05) is 5.32 Å². The third-order valence-electron chi connectivity index (χ3n) is 3.59. The van der Waals surface area contributed by atoms with E-state index < -0.39 is 0 Å². The highest BCUT2D eigenvalue weighted by atomic mass is 35.5. The molecule has 0 aliphatic rings. The van der Waals surface area contributed by atoms with Gasteiger partial charge in [-0.15, -0.1) is 0 Å². The Morgan fingerprint density at radius 2 is 1.89 bits per heavy atom. The summed E-state index contributed by atoms with van der Waals surface area (Å²) in [7, 11) is 0. The van der Waals surface area contributed by atoms with Crippen molar-refractivity contribution in [2.45, 2.75) is 6.92 Å². The van der Waals surface area contributed by atoms with Crippen molar-refractivity contribution in [1.82, 2.24) is 15.2 Å². The molecule has 1 aromatic heterocycles. The molecular weight excluding hydrogens is 425 g/mol. The predicted octanol–water partition coefficient (Wildman–Crippen LogP) is 5.46. The van der Waals surface area contributed by atoms with Crippen LogP contribution in [0.25, 0.3) is 5.69 Å². The molecule has 0 atom stereocenters. The van der Waals surface area contributed by atoms with Gasteiger partial charge in [-0.05, 0) is 49.5 Å². The zero-order chi connectivity index (χ0) is 19.4. The van der Waals surface area contributed by atoms with E-state index >= 15 is 0 Å². The molecule has 0 radical (unpaired) electrons. The molecule has 2 N–H and O–H groups in total. The fraction of sp³-hybridized carbons (Fsp3) is 0.0556. The van der Waals surface area contributed by atoms with Gasteiger partial charge in [-0.2, -0.15) is 10.2 Å². The maximum atomic E-state index is 6.45. The molecule has 2 aromatic carbocycles. The number of halogens is 3. The Balaban J connectivity index is 1.69. The third-order valence-corrected chi connectivity index (χ3v) is 4.69. The first-order valence-corrected chi connectivity index (χ1v) is 9.35. The summed E-state index contributed by atoms with van der Waals surface area (Å²) in [6.07, 6.45) is 1.57. The number of anilines is 1. The lowest BCUT2D eigenvalue weighted by Crippen LogP contribution is -2.24. The minimum absolute atomic E-state index is 0.277. The maximum Gasteiger partial charge on any atom is 0.191 e. The Labute approximate surface area is 176 Å². The first kappa shape index (κ1) is 19.6. The first-order chi connectivity index (χ1) is 13.0. The van der Waals surface area contributed by atoms with Crippen LogP contribution in [0.2, 0.25) is 15.2 Å². The fourth-order valence-electron chi connectivity index (χ4n) is 2.29. The van der Waals surface area contributed by atoms with Crippen LogP contribution in [0.3, 0.4) is 0 Å². The summed E-state index contributed by atoms with van der Waals surface area (Å²) in [6.45, 7) is 1.86. The van der Waals surface area contributed by atoms with E-state index in [0.29, 0.717) is 26.4 Å². The zero-order valence-electron chi connectivity index (χ0n) is 14.1. The second-order valence-electron chi connectivity index (χ2n) is 5.49. The van der Waals surface area contributed by atoms with E-state index in [4.69, 9.17) is 47.0 Å². The molecule has 0 bridgehead atoms. The van der Waals surface area contributed by atoms with E-state index in [2.05, 4.69) is 20.9 Å². The monoisotopic (exact) mass is 437 g/mol. The van der Waals surface area contributed by atoms with E-state index in [0.717, 1.165) is 11.4 Å². The number of nitrogens with zero attached hydrogens (tertiary/aromatic N) is 3. The highest BCUT2D eigenvalue weighted by molar-refractivity contribution is 7.80. The molecule has 1 heterocycles. The van der Waals surface area contributed by atoms with Gasteiger partial charge in [-0.1, -0.05) is 53.0 Å². The van der Waals surface area contributed by atoms with Gasteiger partial charge in [0.15, 0.2) is 5.11 Å². The number of aromatic nitrogens is 2. The lowest BCUT2D eigenvalue weighted by molar-refractivity contribution is 0.863. The molecule has 9 heteroatoms. The molecule has 0 saturated carbocycles. The van der Waals surface area contributed by atoms with Crippen LogP contribution < -0.4 is 10.7 Å². The van der Waals surface area contributed by atoms with Crippen molar-refractivity contribution >= 4 is 64.0 Å². The molecule has 0 amide bonds. The number of aryl methyl sites for hydroxylation is 1. The second-order valence-corrected chi connectivity index (χ2v) is 7.10. The highest BCUT2D eigenvalue weighted by Crippen LogP contribution is 2.25. The van der Waals surface area contributed by atoms with E-state index in [1.54, 1.807) is 29.1 Å². The second kappa shape index (κ2) is 8.71. The Hall–Kier alpha value is -2.12. The fourth-order valence-corrected chi connectivity index (χ4v) is 3.23. The van der Waals surface area contributed by atoms with Crippen LogP contribution in [0.1, 0.15) is 11.3 Å². The lowest BCUT2D eigenvalue weighted by atomic mass is 10.3. The number of benzene rings is 2. The van der Waals surface area contributed by atoms with E-state index in [-0.39, 0.29) is 5.11 Å². The highest BCUT2D eigenvalue weighted by Gasteiger charge is 2.13. The number of nitrogens with one attached hydrogen (secondary N) is 2. The molecular formula is C18H14Cl3N5S. The molecule has 138 valence electrons.